The van der Waals surface area contributed by atoms with Gasteiger partial charge in [-0.05, 0) is 0 Å². The highest BCUT2D eigenvalue weighted by molar-refractivity contribution is 6.30. The zero-order valence-electron chi connectivity index (χ0n) is 10.6. The second kappa shape index (κ2) is 5.13. The van der Waals surface area contributed by atoms with Crippen LogP contribution in [0.4, 0.5) is 17.6 Å². The molecule has 0 unspecified atom stereocenters. The summed E-state index contributed by atoms with van der Waals surface area (Å²) >= 11 is 5.44. The van der Waals surface area contributed by atoms with E-state index >= 15 is 0 Å². The van der Waals surface area contributed by atoms with Gasteiger partial charge >= 0.3 is 11.9 Å². The molecule has 0 amide bonds. The summed E-state index contributed by atoms with van der Waals surface area (Å²) in [7, 11) is 0.754. The summed E-state index contributed by atoms with van der Waals surface area (Å²) < 4.78 is 53.3. The summed E-state index contributed by atoms with van der Waals surface area (Å²) in [5.74, 6) is -2.21. The summed E-state index contributed by atoms with van der Waals surface area (Å²) in [5, 5.41) is 8.47. The SMILES string of the molecule is Cn1c(C(F)(F)F)c(-c2nc(Cl)c(O)cc2F)c(=O)[nH]c1=O. The fraction of sp³-hybridized carbons (Fsp3) is 0.182. The van der Waals surface area contributed by atoms with E-state index in [2.05, 4.69) is 4.98 Å². The Morgan fingerprint density at radius 2 is 1.95 bits per heavy atom. The van der Waals surface area contributed by atoms with Crippen molar-refractivity contribution in [2.75, 3.05) is 0 Å². The molecule has 0 spiro atoms. The molecule has 2 N–H and O–H groups in total. The van der Waals surface area contributed by atoms with Crippen LogP contribution < -0.4 is 11.2 Å². The van der Waals surface area contributed by atoms with E-state index in [4.69, 9.17) is 11.6 Å². The molecule has 0 aliphatic rings. The van der Waals surface area contributed by atoms with Gasteiger partial charge in [-0.2, -0.15) is 13.2 Å². The maximum absolute atomic E-state index is 13.8. The van der Waals surface area contributed by atoms with Crippen LogP contribution >= 0.6 is 11.6 Å². The number of nitrogens with zero attached hydrogens (tertiary/aromatic N) is 2. The predicted octanol–water partition coefficient (Wildman–Crippen LogP) is 1.65. The maximum Gasteiger partial charge on any atom is 0.432 e. The van der Waals surface area contributed by atoms with Crippen LogP contribution in [0.1, 0.15) is 5.69 Å². The highest BCUT2D eigenvalue weighted by Gasteiger charge is 2.39. The number of aromatic amines is 1. The summed E-state index contributed by atoms with van der Waals surface area (Å²) in [5.41, 5.74) is -6.75. The molecular formula is C11H6ClF4N3O3. The number of hydrogen-bond acceptors (Lipinski definition) is 4. The van der Waals surface area contributed by atoms with Crippen LogP contribution in [0.3, 0.4) is 0 Å². The van der Waals surface area contributed by atoms with Gasteiger partial charge in [0, 0.05) is 13.1 Å². The molecule has 2 heterocycles. The van der Waals surface area contributed by atoms with E-state index in [1.54, 1.807) is 4.98 Å². The van der Waals surface area contributed by atoms with Crippen molar-refractivity contribution >= 4 is 11.6 Å². The highest BCUT2D eigenvalue weighted by Crippen LogP contribution is 2.35. The number of alkyl halides is 3. The fourth-order valence-corrected chi connectivity index (χ4v) is 1.94. The van der Waals surface area contributed by atoms with Gasteiger partial charge in [0.05, 0.1) is 5.56 Å². The molecule has 2 rings (SSSR count). The Labute approximate surface area is 123 Å². The second-order valence-corrected chi connectivity index (χ2v) is 4.53. The average Bonchev–Trinajstić information content (AvgIpc) is 2.37. The van der Waals surface area contributed by atoms with Crippen molar-refractivity contribution < 1.29 is 22.7 Å². The first-order valence-corrected chi connectivity index (χ1v) is 5.87. The molecule has 22 heavy (non-hydrogen) atoms. The molecule has 0 fully saturated rings. The predicted molar refractivity (Wildman–Crippen MR) is 67.2 cm³/mol. The van der Waals surface area contributed by atoms with Crippen molar-refractivity contribution in [3.8, 4) is 17.0 Å². The molecule has 0 aliphatic carbocycles. The first kappa shape index (κ1) is 16.0. The topological polar surface area (TPSA) is 88.0 Å². The first-order valence-electron chi connectivity index (χ1n) is 5.50. The molecule has 11 heteroatoms. The van der Waals surface area contributed by atoms with Crippen LogP contribution in [0.15, 0.2) is 15.7 Å². The van der Waals surface area contributed by atoms with Crippen molar-refractivity contribution in [2.45, 2.75) is 6.18 Å². The standard InChI is InChI=1S/C11H6ClF4N3O3/c1-19-7(11(14,15)16)5(9(21)18-10(19)22)6-3(13)2-4(20)8(12)17-6/h2,20H,1H3,(H,18,21,22). The van der Waals surface area contributed by atoms with E-state index in [0.717, 1.165) is 7.05 Å². The number of aromatic nitrogens is 3. The quantitative estimate of drug-likeness (QED) is 0.611. The number of H-pyrrole nitrogens is 1. The number of pyridine rings is 1. The van der Waals surface area contributed by atoms with Crippen molar-refractivity contribution in [1.82, 2.24) is 14.5 Å². The van der Waals surface area contributed by atoms with Crippen LogP contribution in [0.25, 0.3) is 11.3 Å². The third-order valence-electron chi connectivity index (χ3n) is 2.74. The van der Waals surface area contributed by atoms with Gasteiger partial charge in [-0.3, -0.25) is 14.3 Å². The molecule has 0 saturated carbocycles. The lowest BCUT2D eigenvalue weighted by Gasteiger charge is -2.15. The Hall–Kier alpha value is -2.36. The van der Waals surface area contributed by atoms with Crippen molar-refractivity contribution in [3.05, 3.63) is 43.6 Å². The van der Waals surface area contributed by atoms with Crippen molar-refractivity contribution in [3.63, 3.8) is 0 Å². The molecule has 2 aromatic heterocycles. The minimum absolute atomic E-state index is 0.110. The largest absolute Gasteiger partial charge is 0.505 e. The van der Waals surface area contributed by atoms with Crippen LogP contribution in [-0.4, -0.2) is 19.6 Å². The molecule has 2 aromatic rings. The van der Waals surface area contributed by atoms with Crippen molar-refractivity contribution in [2.24, 2.45) is 7.05 Å². The van der Waals surface area contributed by atoms with Gasteiger partial charge in [-0.1, -0.05) is 11.6 Å². The minimum atomic E-state index is -5.13. The molecule has 0 saturated heterocycles. The van der Waals surface area contributed by atoms with Crippen LogP contribution in [-0.2, 0) is 13.2 Å². The Morgan fingerprint density at radius 3 is 2.50 bits per heavy atom. The summed E-state index contributed by atoms with van der Waals surface area (Å²) in [6, 6.07) is 0.412. The number of aromatic hydroxyl groups is 1. The zero-order chi connectivity index (χ0) is 16.8. The average molecular weight is 340 g/mol. The lowest BCUT2D eigenvalue weighted by molar-refractivity contribution is -0.143. The molecule has 118 valence electrons. The van der Waals surface area contributed by atoms with E-state index in [-0.39, 0.29) is 4.57 Å². The molecule has 0 atom stereocenters. The normalized spacial score (nSPS) is 11.7. The van der Waals surface area contributed by atoms with Gasteiger partial charge in [0.25, 0.3) is 5.56 Å². The summed E-state index contributed by atoms with van der Waals surface area (Å²) in [6.07, 6.45) is -5.13. The molecule has 0 aliphatic heterocycles. The zero-order valence-corrected chi connectivity index (χ0v) is 11.4. The number of rotatable bonds is 1. The Morgan fingerprint density at radius 1 is 1.36 bits per heavy atom. The van der Waals surface area contributed by atoms with E-state index in [1.807, 2.05) is 0 Å². The summed E-state index contributed by atoms with van der Waals surface area (Å²) in [6.45, 7) is 0. The fourth-order valence-electron chi connectivity index (χ4n) is 1.80. The second-order valence-electron chi connectivity index (χ2n) is 4.17. The lowest BCUT2D eigenvalue weighted by atomic mass is 10.1. The van der Waals surface area contributed by atoms with E-state index in [0.29, 0.717) is 6.07 Å². The van der Waals surface area contributed by atoms with E-state index in [9.17, 15) is 32.3 Å². The Balaban J connectivity index is 2.99. The van der Waals surface area contributed by atoms with Gasteiger partial charge in [0.2, 0.25) is 0 Å². The smallest absolute Gasteiger partial charge is 0.432 e. The van der Waals surface area contributed by atoms with Gasteiger partial charge in [-0.15, -0.1) is 0 Å². The van der Waals surface area contributed by atoms with E-state index < -0.39 is 51.1 Å². The lowest BCUT2D eigenvalue weighted by Crippen LogP contribution is -2.36. The maximum atomic E-state index is 13.8. The molecule has 0 aromatic carbocycles. The summed E-state index contributed by atoms with van der Waals surface area (Å²) in [4.78, 5) is 27.9. The Bertz CT molecular complexity index is 873. The highest BCUT2D eigenvalue weighted by atomic mass is 35.5. The van der Waals surface area contributed by atoms with Gasteiger partial charge in [-0.25, -0.2) is 14.2 Å². The van der Waals surface area contributed by atoms with Crippen LogP contribution in [0.2, 0.25) is 5.15 Å². The van der Waals surface area contributed by atoms with Crippen LogP contribution in [0.5, 0.6) is 5.75 Å². The molecule has 0 radical (unpaired) electrons. The minimum Gasteiger partial charge on any atom is -0.505 e. The third-order valence-corrected chi connectivity index (χ3v) is 3.02. The third kappa shape index (κ3) is 2.56. The van der Waals surface area contributed by atoms with E-state index in [1.165, 1.54) is 0 Å². The first-order chi connectivity index (χ1) is 10.0. The monoisotopic (exact) mass is 339 g/mol. The van der Waals surface area contributed by atoms with Gasteiger partial charge in [0.1, 0.15) is 11.4 Å². The molecule has 0 bridgehead atoms. The number of nitrogens with one attached hydrogen (secondary N) is 1. The number of halogens is 5. The Kier molecular flexibility index (Phi) is 3.73. The molecule has 6 nitrogen and oxygen atoms in total. The van der Waals surface area contributed by atoms with Crippen LogP contribution in [0, 0.1) is 5.82 Å². The number of hydrogen-bond donors (Lipinski definition) is 2. The van der Waals surface area contributed by atoms with Gasteiger partial charge < -0.3 is 5.11 Å². The van der Waals surface area contributed by atoms with Gasteiger partial charge in [0.15, 0.2) is 16.7 Å². The van der Waals surface area contributed by atoms with Crippen molar-refractivity contribution in [1.29, 1.82) is 0 Å². The molecular weight excluding hydrogens is 334 g/mol.